The lowest BCUT2D eigenvalue weighted by atomic mass is 10.1. The third kappa shape index (κ3) is 3.01. The first kappa shape index (κ1) is 14.6. The average molecular weight is 323 g/mol. The van der Waals surface area contributed by atoms with E-state index < -0.39 is 5.54 Å². The standard InChI is InChI=1S/C14H17N3O2S2/c1-3-5-18-8-14(2,15)13-16-12(19-17-13)11-7-10-9(21-11)4-6-20-10/h4,6-7H,3,5,8,15H2,1-2H3. The summed E-state index contributed by atoms with van der Waals surface area (Å²) in [6.45, 7) is 4.96. The molecule has 0 aromatic carbocycles. The van der Waals surface area contributed by atoms with Crippen molar-refractivity contribution in [2.45, 2.75) is 25.8 Å². The Morgan fingerprint density at radius 1 is 1.43 bits per heavy atom. The van der Waals surface area contributed by atoms with Gasteiger partial charge in [0.1, 0.15) is 5.54 Å². The van der Waals surface area contributed by atoms with E-state index in [9.17, 15) is 0 Å². The molecule has 0 radical (unpaired) electrons. The second-order valence-electron chi connectivity index (χ2n) is 5.15. The maximum Gasteiger partial charge on any atom is 0.268 e. The minimum absolute atomic E-state index is 0.374. The van der Waals surface area contributed by atoms with Crippen LogP contribution < -0.4 is 5.73 Å². The molecule has 21 heavy (non-hydrogen) atoms. The smallest absolute Gasteiger partial charge is 0.268 e. The molecular weight excluding hydrogens is 306 g/mol. The van der Waals surface area contributed by atoms with Crippen LogP contribution in [0.5, 0.6) is 0 Å². The van der Waals surface area contributed by atoms with E-state index in [1.807, 2.05) is 6.92 Å². The molecule has 0 fully saturated rings. The van der Waals surface area contributed by atoms with E-state index in [2.05, 4.69) is 34.6 Å². The molecule has 0 amide bonds. The fourth-order valence-electron chi connectivity index (χ4n) is 1.92. The van der Waals surface area contributed by atoms with Gasteiger partial charge < -0.3 is 15.0 Å². The molecule has 0 bridgehead atoms. The summed E-state index contributed by atoms with van der Waals surface area (Å²) in [7, 11) is 0. The number of rotatable bonds is 6. The van der Waals surface area contributed by atoms with E-state index in [1.54, 1.807) is 22.7 Å². The number of nitrogens with two attached hydrogens (primary N) is 1. The number of hydrogen-bond acceptors (Lipinski definition) is 7. The summed E-state index contributed by atoms with van der Waals surface area (Å²) in [5.74, 6) is 0.996. The Balaban J connectivity index is 1.80. The largest absolute Gasteiger partial charge is 0.379 e. The fraction of sp³-hybridized carbons (Fsp3) is 0.429. The lowest BCUT2D eigenvalue weighted by Crippen LogP contribution is -2.39. The Kier molecular flexibility index (Phi) is 4.08. The molecule has 5 nitrogen and oxygen atoms in total. The van der Waals surface area contributed by atoms with E-state index >= 15 is 0 Å². The van der Waals surface area contributed by atoms with Crippen LogP contribution in [0, 0.1) is 0 Å². The molecule has 0 spiro atoms. The van der Waals surface area contributed by atoms with Gasteiger partial charge in [-0.05, 0) is 30.9 Å². The van der Waals surface area contributed by atoms with Crippen molar-refractivity contribution in [2.75, 3.05) is 13.2 Å². The summed E-state index contributed by atoms with van der Waals surface area (Å²) in [5, 5.41) is 6.09. The quantitative estimate of drug-likeness (QED) is 0.701. The van der Waals surface area contributed by atoms with Crippen LogP contribution in [-0.4, -0.2) is 23.4 Å². The zero-order valence-electron chi connectivity index (χ0n) is 12.0. The molecule has 0 aliphatic heterocycles. The van der Waals surface area contributed by atoms with Crippen LogP contribution in [0.25, 0.3) is 20.2 Å². The first-order valence-corrected chi connectivity index (χ1v) is 8.48. The van der Waals surface area contributed by atoms with E-state index in [4.69, 9.17) is 15.0 Å². The highest BCUT2D eigenvalue weighted by Crippen LogP contribution is 2.35. The number of hydrogen-bond donors (Lipinski definition) is 1. The van der Waals surface area contributed by atoms with E-state index in [-0.39, 0.29) is 0 Å². The molecule has 0 saturated carbocycles. The van der Waals surface area contributed by atoms with Gasteiger partial charge in [-0.15, -0.1) is 22.7 Å². The highest BCUT2D eigenvalue weighted by atomic mass is 32.1. The zero-order chi connectivity index (χ0) is 14.9. The van der Waals surface area contributed by atoms with Gasteiger partial charge in [0.15, 0.2) is 5.82 Å². The van der Waals surface area contributed by atoms with Crippen LogP contribution in [0.1, 0.15) is 26.1 Å². The predicted octanol–water partition coefficient (Wildman–Crippen LogP) is 3.61. The van der Waals surface area contributed by atoms with E-state index in [1.165, 1.54) is 9.40 Å². The highest BCUT2D eigenvalue weighted by molar-refractivity contribution is 7.28. The number of thiophene rings is 2. The summed E-state index contributed by atoms with van der Waals surface area (Å²) in [4.78, 5) is 5.41. The van der Waals surface area contributed by atoms with Crippen molar-refractivity contribution in [1.82, 2.24) is 10.1 Å². The molecule has 7 heteroatoms. The Morgan fingerprint density at radius 3 is 3.05 bits per heavy atom. The zero-order valence-corrected chi connectivity index (χ0v) is 13.6. The predicted molar refractivity (Wildman–Crippen MR) is 85.6 cm³/mol. The lowest BCUT2D eigenvalue weighted by Gasteiger charge is -2.19. The summed E-state index contributed by atoms with van der Waals surface area (Å²) in [5.41, 5.74) is 5.48. The number of nitrogens with zero attached hydrogens (tertiary/aromatic N) is 2. The van der Waals surface area contributed by atoms with Gasteiger partial charge in [0, 0.05) is 16.0 Å². The van der Waals surface area contributed by atoms with Crippen molar-refractivity contribution >= 4 is 32.1 Å². The first-order valence-electron chi connectivity index (χ1n) is 6.78. The maximum atomic E-state index is 6.22. The molecule has 0 saturated heterocycles. The molecule has 3 rings (SSSR count). The first-order chi connectivity index (χ1) is 10.1. The Morgan fingerprint density at radius 2 is 2.29 bits per heavy atom. The van der Waals surface area contributed by atoms with Gasteiger partial charge >= 0.3 is 0 Å². The van der Waals surface area contributed by atoms with Gasteiger partial charge in [0.05, 0.1) is 11.5 Å². The molecule has 1 unspecified atom stereocenters. The van der Waals surface area contributed by atoms with Gasteiger partial charge in [-0.25, -0.2) is 0 Å². The molecule has 112 valence electrons. The number of fused-ring (bicyclic) bond motifs is 1. The molecule has 0 aliphatic rings. The number of ether oxygens (including phenoxy) is 1. The van der Waals surface area contributed by atoms with Crippen LogP contribution in [0.3, 0.4) is 0 Å². The van der Waals surface area contributed by atoms with Crippen molar-refractivity contribution in [3.05, 3.63) is 23.3 Å². The Labute approximate surface area is 130 Å². The van der Waals surface area contributed by atoms with Gasteiger partial charge in [-0.3, -0.25) is 0 Å². The van der Waals surface area contributed by atoms with Gasteiger partial charge in [0.2, 0.25) is 0 Å². The molecule has 3 heterocycles. The van der Waals surface area contributed by atoms with Crippen LogP contribution in [0.2, 0.25) is 0 Å². The molecule has 3 aromatic rings. The topological polar surface area (TPSA) is 74.2 Å². The fourth-order valence-corrected chi connectivity index (χ4v) is 3.95. The van der Waals surface area contributed by atoms with Gasteiger partial charge in [0.25, 0.3) is 5.89 Å². The molecule has 2 N–H and O–H groups in total. The lowest BCUT2D eigenvalue weighted by molar-refractivity contribution is 0.0867. The normalized spacial score (nSPS) is 14.6. The monoisotopic (exact) mass is 323 g/mol. The minimum Gasteiger partial charge on any atom is -0.379 e. The molecule has 3 aromatic heterocycles. The number of aromatic nitrogens is 2. The van der Waals surface area contributed by atoms with E-state index in [0.29, 0.717) is 24.9 Å². The summed E-state index contributed by atoms with van der Waals surface area (Å²) >= 11 is 3.35. The van der Waals surface area contributed by atoms with Crippen molar-refractivity contribution < 1.29 is 9.26 Å². The second kappa shape index (κ2) is 5.84. The van der Waals surface area contributed by atoms with Crippen molar-refractivity contribution in [2.24, 2.45) is 5.73 Å². The van der Waals surface area contributed by atoms with Gasteiger partial charge in [-0.2, -0.15) is 4.98 Å². The summed E-state index contributed by atoms with van der Waals surface area (Å²) in [6.07, 6.45) is 0.958. The summed E-state index contributed by atoms with van der Waals surface area (Å²) in [6, 6.07) is 4.17. The van der Waals surface area contributed by atoms with Crippen LogP contribution in [0.4, 0.5) is 0 Å². The van der Waals surface area contributed by atoms with Gasteiger partial charge in [-0.1, -0.05) is 12.1 Å². The minimum atomic E-state index is -0.744. The molecule has 1 atom stereocenters. The average Bonchev–Trinajstić information content (AvgIpc) is 3.13. The van der Waals surface area contributed by atoms with Crippen LogP contribution >= 0.6 is 22.7 Å². The van der Waals surface area contributed by atoms with Crippen molar-refractivity contribution in [3.8, 4) is 10.8 Å². The summed E-state index contributed by atoms with van der Waals surface area (Å²) < 4.78 is 13.3. The van der Waals surface area contributed by atoms with Crippen molar-refractivity contribution in [1.29, 1.82) is 0 Å². The van der Waals surface area contributed by atoms with Crippen LogP contribution in [-0.2, 0) is 10.3 Å². The highest BCUT2D eigenvalue weighted by Gasteiger charge is 2.28. The SMILES string of the molecule is CCCOCC(C)(N)c1noc(-c2cc3sccc3s2)n1. The molecular formula is C14H17N3O2S2. The molecule has 0 aliphatic carbocycles. The third-order valence-electron chi connectivity index (χ3n) is 3.04. The van der Waals surface area contributed by atoms with Crippen molar-refractivity contribution in [3.63, 3.8) is 0 Å². The third-order valence-corrected chi connectivity index (χ3v) is 5.12. The second-order valence-corrected chi connectivity index (χ2v) is 7.18. The van der Waals surface area contributed by atoms with E-state index in [0.717, 1.165) is 11.3 Å². The maximum absolute atomic E-state index is 6.22. The Hall–Kier alpha value is -1.28. The van der Waals surface area contributed by atoms with Crippen LogP contribution in [0.15, 0.2) is 22.0 Å². The Bertz CT molecular complexity index is 701.